The fourth-order valence-corrected chi connectivity index (χ4v) is 3.32. The SMILES string of the molecule is CCc1nc(-c2cncnc2C2CCCN(c3cccnc3)C2)no1. The number of hydrogen-bond donors (Lipinski definition) is 0. The highest BCUT2D eigenvalue weighted by molar-refractivity contribution is 5.57. The molecule has 3 aromatic rings. The first kappa shape index (κ1) is 15.7. The van der Waals surface area contributed by atoms with Crippen LogP contribution in [0, 0.1) is 0 Å². The number of rotatable bonds is 4. The first-order valence-electron chi connectivity index (χ1n) is 8.63. The van der Waals surface area contributed by atoms with Gasteiger partial charge in [-0.15, -0.1) is 0 Å². The predicted molar refractivity (Wildman–Crippen MR) is 93.1 cm³/mol. The molecule has 0 spiro atoms. The molecule has 3 aromatic heterocycles. The van der Waals surface area contributed by atoms with Crippen molar-refractivity contribution in [2.24, 2.45) is 0 Å². The molecule has 1 saturated heterocycles. The lowest BCUT2D eigenvalue weighted by Crippen LogP contribution is -2.34. The summed E-state index contributed by atoms with van der Waals surface area (Å²) in [5.41, 5.74) is 3.01. The molecule has 4 heterocycles. The maximum absolute atomic E-state index is 5.27. The van der Waals surface area contributed by atoms with E-state index in [1.54, 1.807) is 18.7 Å². The van der Waals surface area contributed by atoms with E-state index in [4.69, 9.17) is 4.52 Å². The number of aromatic nitrogens is 5. The molecule has 4 rings (SSSR count). The monoisotopic (exact) mass is 336 g/mol. The molecule has 1 fully saturated rings. The first-order valence-corrected chi connectivity index (χ1v) is 8.63. The van der Waals surface area contributed by atoms with Crippen molar-refractivity contribution in [2.75, 3.05) is 18.0 Å². The van der Waals surface area contributed by atoms with E-state index in [0.717, 1.165) is 42.9 Å². The van der Waals surface area contributed by atoms with E-state index in [1.807, 2.05) is 19.2 Å². The van der Waals surface area contributed by atoms with E-state index in [0.29, 0.717) is 24.1 Å². The van der Waals surface area contributed by atoms with Gasteiger partial charge in [0, 0.05) is 37.8 Å². The summed E-state index contributed by atoms with van der Waals surface area (Å²) in [6, 6.07) is 4.07. The normalized spacial score (nSPS) is 17.6. The van der Waals surface area contributed by atoms with E-state index in [9.17, 15) is 0 Å². The Hall–Kier alpha value is -2.83. The summed E-state index contributed by atoms with van der Waals surface area (Å²) >= 11 is 0. The van der Waals surface area contributed by atoms with Crippen molar-refractivity contribution in [2.45, 2.75) is 32.1 Å². The molecule has 0 aliphatic carbocycles. The van der Waals surface area contributed by atoms with Crippen molar-refractivity contribution >= 4 is 5.69 Å². The standard InChI is InChI=1S/C18H20N6O/c1-2-16-22-18(23-25-16)15-10-20-12-21-17(15)13-5-4-8-24(11-13)14-6-3-7-19-9-14/h3,6-7,9-10,12-13H,2,4-5,8,11H2,1H3. The van der Waals surface area contributed by atoms with E-state index < -0.39 is 0 Å². The zero-order valence-corrected chi connectivity index (χ0v) is 14.2. The summed E-state index contributed by atoms with van der Waals surface area (Å²) in [5.74, 6) is 1.51. The highest BCUT2D eigenvalue weighted by atomic mass is 16.5. The number of piperidine rings is 1. The van der Waals surface area contributed by atoms with Gasteiger partial charge in [-0.25, -0.2) is 9.97 Å². The Labute approximate surface area is 146 Å². The summed E-state index contributed by atoms with van der Waals surface area (Å²) in [6.45, 7) is 3.92. The van der Waals surface area contributed by atoms with Crippen molar-refractivity contribution in [3.8, 4) is 11.4 Å². The van der Waals surface area contributed by atoms with Crippen LogP contribution in [0.15, 0.2) is 41.6 Å². The quantitative estimate of drug-likeness (QED) is 0.724. The molecule has 128 valence electrons. The maximum Gasteiger partial charge on any atom is 0.226 e. The maximum atomic E-state index is 5.27. The Bertz CT molecular complexity index is 834. The summed E-state index contributed by atoms with van der Waals surface area (Å²) in [6.07, 6.45) is 10.0. The van der Waals surface area contributed by atoms with Crippen LogP contribution in [0.2, 0.25) is 0 Å². The van der Waals surface area contributed by atoms with Crippen molar-refractivity contribution in [1.82, 2.24) is 25.1 Å². The molecular formula is C18H20N6O. The topological polar surface area (TPSA) is 80.8 Å². The van der Waals surface area contributed by atoms with Gasteiger partial charge in [-0.2, -0.15) is 4.98 Å². The third-order valence-electron chi connectivity index (χ3n) is 4.57. The highest BCUT2D eigenvalue weighted by Gasteiger charge is 2.26. The Balaban J connectivity index is 1.63. The zero-order valence-electron chi connectivity index (χ0n) is 14.2. The van der Waals surface area contributed by atoms with Gasteiger partial charge in [0.1, 0.15) is 6.33 Å². The molecule has 1 aliphatic rings. The summed E-state index contributed by atoms with van der Waals surface area (Å²) in [4.78, 5) is 19.8. The van der Waals surface area contributed by atoms with E-state index in [-0.39, 0.29) is 0 Å². The number of hydrogen-bond acceptors (Lipinski definition) is 7. The Morgan fingerprint density at radius 2 is 2.24 bits per heavy atom. The van der Waals surface area contributed by atoms with Crippen LogP contribution >= 0.6 is 0 Å². The molecule has 0 aromatic carbocycles. The third kappa shape index (κ3) is 3.22. The van der Waals surface area contributed by atoms with Crippen LogP contribution < -0.4 is 4.90 Å². The average molecular weight is 336 g/mol. The second kappa shape index (κ2) is 6.96. The van der Waals surface area contributed by atoms with Crippen molar-refractivity contribution < 1.29 is 4.52 Å². The van der Waals surface area contributed by atoms with Crippen LogP contribution in [0.1, 0.15) is 37.3 Å². The smallest absolute Gasteiger partial charge is 0.226 e. The van der Waals surface area contributed by atoms with Gasteiger partial charge in [-0.3, -0.25) is 4.98 Å². The number of anilines is 1. The summed E-state index contributed by atoms with van der Waals surface area (Å²) in [7, 11) is 0. The van der Waals surface area contributed by atoms with Crippen molar-refractivity contribution in [3.05, 3.63) is 48.6 Å². The molecule has 0 radical (unpaired) electrons. The van der Waals surface area contributed by atoms with Gasteiger partial charge in [0.25, 0.3) is 0 Å². The molecule has 7 nitrogen and oxygen atoms in total. The minimum atomic E-state index is 0.301. The van der Waals surface area contributed by atoms with Gasteiger partial charge in [0.15, 0.2) is 0 Å². The molecular weight excluding hydrogens is 316 g/mol. The van der Waals surface area contributed by atoms with Gasteiger partial charge in [-0.1, -0.05) is 12.1 Å². The minimum absolute atomic E-state index is 0.301. The molecule has 7 heteroatoms. The predicted octanol–water partition coefficient (Wildman–Crippen LogP) is 2.87. The molecule has 0 bridgehead atoms. The average Bonchev–Trinajstić information content (AvgIpc) is 3.18. The molecule has 0 amide bonds. The molecule has 1 unspecified atom stereocenters. The zero-order chi connectivity index (χ0) is 17.1. The van der Waals surface area contributed by atoms with E-state index >= 15 is 0 Å². The van der Waals surface area contributed by atoms with Crippen LogP contribution in [0.4, 0.5) is 5.69 Å². The second-order valence-electron chi connectivity index (χ2n) is 6.18. The van der Waals surface area contributed by atoms with Gasteiger partial charge < -0.3 is 9.42 Å². The van der Waals surface area contributed by atoms with Gasteiger partial charge in [0.05, 0.1) is 23.1 Å². The van der Waals surface area contributed by atoms with E-state index in [2.05, 4.69) is 36.1 Å². The van der Waals surface area contributed by atoms with Crippen molar-refractivity contribution in [1.29, 1.82) is 0 Å². The Morgan fingerprint density at radius 3 is 3.04 bits per heavy atom. The van der Waals surface area contributed by atoms with Crippen LogP contribution in [0.25, 0.3) is 11.4 Å². The van der Waals surface area contributed by atoms with Crippen LogP contribution in [0.3, 0.4) is 0 Å². The molecule has 0 N–H and O–H groups in total. The molecule has 0 saturated carbocycles. The Morgan fingerprint density at radius 1 is 1.28 bits per heavy atom. The van der Waals surface area contributed by atoms with Gasteiger partial charge >= 0.3 is 0 Å². The lowest BCUT2D eigenvalue weighted by molar-refractivity contribution is 0.382. The Kier molecular flexibility index (Phi) is 4.37. The molecule has 1 atom stereocenters. The molecule has 25 heavy (non-hydrogen) atoms. The fourth-order valence-electron chi connectivity index (χ4n) is 3.32. The summed E-state index contributed by atoms with van der Waals surface area (Å²) < 4.78 is 5.27. The minimum Gasteiger partial charge on any atom is -0.370 e. The van der Waals surface area contributed by atoms with E-state index in [1.165, 1.54) is 0 Å². The van der Waals surface area contributed by atoms with Crippen LogP contribution in [-0.2, 0) is 6.42 Å². The number of nitrogens with zero attached hydrogens (tertiary/aromatic N) is 6. The fraction of sp³-hybridized carbons (Fsp3) is 0.389. The third-order valence-corrected chi connectivity index (χ3v) is 4.57. The molecule has 1 aliphatic heterocycles. The van der Waals surface area contributed by atoms with Crippen LogP contribution in [-0.4, -0.2) is 38.2 Å². The van der Waals surface area contributed by atoms with Crippen LogP contribution in [0.5, 0.6) is 0 Å². The summed E-state index contributed by atoms with van der Waals surface area (Å²) in [5, 5.41) is 4.10. The largest absolute Gasteiger partial charge is 0.370 e. The number of pyridine rings is 1. The second-order valence-corrected chi connectivity index (χ2v) is 6.18. The van der Waals surface area contributed by atoms with Crippen molar-refractivity contribution in [3.63, 3.8) is 0 Å². The first-order chi connectivity index (χ1) is 12.3. The highest BCUT2D eigenvalue weighted by Crippen LogP contribution is 2.33. The van der Waals surface area contributed by atoms with Gasteiger partial charge in [-0.05, 0) is 25.0 Å². The number of aryl methyl sites for hydroxylation is 1. The lowest BCUT2D eigenvalue weighted by atomic mass is 9.91. The van der Waals surface area contributed by atoms with Gasteiger partial charge in [0.2, 0.25) is 11.7 Å². The lowest BCUT2D eigenvalue weighted by Gasteiger charge is -2.34.